The molecule has 14 heavy (non-hydrogen) atoms. The fourth-order valence-electron chi connectivity index (χ4n) is 2.63. The molecule has 0 amide bonds. The van der Waals surface area contributed by atoms with Gasteiger partial charge in [0.1, 0.15) is 0 Å². The lowest BCUT2D eigenvalue weighted by Gasteiger charge is -2.50. The summed E-state index contributed by atoms with van der Waals surface area (Å²) in [6, 6.07) is 0.760. The standard InChI is InChI=1S/C13H27N/c1-12(2,3)11-9-7-8-10-14(11)13(4,5)6/h11H,7-10H2,1-6H3/t11-/m0/s1. The van der Waals surface area contributed by atoms with Crippen LogP contribution in [0.25, 0.3) is 0 Å². The first-order valence-electron chi connectivity index (χ1n) is 5.99. The molecule has 1 atom stereocenters. The molecule has 0 aromatic rings. The van der Waals surface area contributed by atoms with E-state index < -0.39 is 0 Å². The molecule has 1 rings (SSSR count). The molecule has 0 bridgehead atoms. The topological polar surface area (TPSA) is 3.24 Å². The van der Waals surface area contributed by atoms with Gasteiger partial charge in [-0.25, -0.2) is 0 Å². The van der Waals surface area contributed by atoms with Crippen molar-refractivity contribution in [3.8, 4) is 0 Å². The number of hydrogen-bond acceptors (Lipinski definition) is 1. The Morgan fingerprint density at radius 1 is 0.929 bits per heavy atom. The fourth-order valence-corrected chi connectivity index (χ4v) is 2.63. The van der Waals surface area contributed by atoms with Crippen LogP contribution in [0.1, 0.15) is 60.8 Å². The van der Waals surface area contributed by atoms with E-state index in [2.05, 4.69) is 46.4 Å². The third-order valence-electron chi connectivity index (χ3n) is 3.36. The summed E-state index contributed by atoms with van der Waals surface area (Å²) in [6.45, 7) is 15.4. The Kier molecular flexibility index (Phi) is 3.30. The van der Waals surface area contributed by atoms with E-state index in [1.54, 1.807) is 0 Å². The Morgan fingerprint density at radius 2 is 1.50 bits per heavy atom. The Bertz CT molecular complexity index is 160. The van der Waals surface area contributed by atoms with Gasteiger partial charge in [-0.1, -0.05) is 27.2 Å². The van der Waals surface area contributed by atoms with Crippen LogP contribution in [0.5, 0.6) is 0 Å². The van der Waals surface area contributed by atoms with E-state index in [-0.39, 0.29) is 0 Å². The van der Waals surface area contributed by atoms with Crippen LogP contribution in [0, 0.1) is 5.41 Å². The predicted octanol–water partition coefficient (Wildman–Crippen LogP) is 3.69. The minimum Gasteiger partial charge on any atom is -0.295 e. The molecule has 84 valence electrons. The van der Waals surface area contributed by atoms with Gasteiger partial charge in [-0.15, -0.1) is 0 Å². The second kappa shape index (κ2) is 3.84. The fraction of sp³-hybridized carbons (Fsp3) is 1.00. The summed E-state index contributed by atoms with van der Waals surface area (Å²) in [5.74, 6) is 0. The first kappa shape index (κ1) is 12.0. The largest absolute Gasteiger partial charge is 0.295 e. The summed E-state index contributed by atoms with van der Waals surface area (Å²) in [4.78, 5) is 2.70. The zero-order valence-electron chi connectivity index (χ0n) is 10.9. The molecule has 1 aliphatic rings. The van der Waals surface area contributed by atoms with Crippen LogP contribution >= 0.6 is 0 Å². The molecule has 1 saturated heterocycles. The molecule has 0 aromatic heterocycles. The van der Waals surface area contributed by atoms with Crippen molar-refractivity contribution in [2.45, 2.75) is 72.4 Å². The van der Waals surface area contributed by atoms with Crippen molar-refractivity contribution in [3.05, 3.63) is 0 Å². The molecule has 0 radical (unpaired) electrons. The van der Waals surface area contributed by atoms with Gasteiger partial charge in [-0.05, 0) is 45.6 Å². The number of rotatable bonds is 0. The zero-order chi connectivity index (χ0) is 11.0. The van der Waals surface area contributed by atoms with Gasteiger partial charge in [-0.3, -0.25) is 4.90 Å². The first-order chi connectivity index (χ1) is 6.23. The lowest BCUT2D eigenvalue weighted by atomic mass is 9.78. The molecule has 0 spiro atoms. The maximum absolute atomic E-state index is 2.70. The highest BCUT2D eigenvalue weighted by molar-refractivity contribution is 4.92. The molecular formula is C13H27N. The van der Waals surface area contributed by atoms with E-state index in [1.807, 2.05) is 0 Å². The Morgan fingerprint density at radius 3 is 1.86 bits per heavy atom. The van der Waals surface area contributed by atoms with Crippen LogP contribution in [0.15, 0.2) is 0 Å². The maximum Gasteiger partial charge on any atom is 0.0149 e. The highest BCUT2D eigenvalue weighted by atomic mass is 15.2. The number of nitrogens with zero attached hydrogens (tertiary/aromatic N) is 1. The van der Waals surface area contributed by atoms with Crippen LogP contribution < -0.4 is 0 Å². The van der Waals surface area contributed by atoms with Crippen molar-refractivity contribution in [1.82, 2.24) is 4.90 Å². The minimum atomic E-state index is 0.332. The molecule has 0 N–H and O–H groups in total. The zero-order valence-corrected chi connectivity index (χ0v) is 10.9. The van der Waals surface area contributed by atoms with Crippen molar-refractivity contribution in [2.75, 3.05) is 6.54 Å². The quantitative estimate of drug-likeness (QED) is 0.572. The van der Waals surface area contributed by atoms with Gasteiger partial charge in [0.25, 0.3) is 0 Å². The summed E-state index contributed by atoms with van der Waals surface area (Å²) in [6.07, 6.45) is 4.17. The average molecular weight is 197 g/mol. The van der Waals surface area contributed by atoms with Crippen molar-refractivity contribution in [1.29, 1.82) is 0 Å². The molecule has 1 nitrogen and oxygen atoms in total. The van der Waals surface area contributed by atoms with Crippen LogP contribution in [-0.2, 0) is 0 Å². The summed E-state index contributed by atoms with van der Waals surface area (Å²) in [5.41, 5.74) is 0.756. The summed E-state index contributed by atoms with van der Waals surface area (Å²) in [5, 5.41) is 0. The molecule has 1 heterocycles. The lowest BCUT2D eigenvalue weighted by Crippen LogP contribution is -2.55. The molecule has 1 heteroatoms. The van der Waals surface area contributed by atoms with E-state index in [0.717, 1.165) is 6.04 Å². The van der Waals surface area contributed by atoms with E-state index in [0.29, 0.717) is 11.0 Å². The first-order valence-corrected chi connectivity index (χ1v) is 5.99. The lowest BCUT2D eigenvalue weighted by molar-refractivity contribution is -0.00414. The highest BCUT2D eigenvalue weighted by Gasteiger charge is 2.37. The molecule has 1 aliphatic heterocycles. The molecular weight excluding hydrogens is 170 g/mol. The second-order valence-corrected chi connectivity index (χ2v) is 6.74. The second-order valence-electron chi connectivity index (χ2n) is 6.74. The Balaban J connectivity index is 2.80. The van der Waals surface area contributed by atoms with Gasteiger partial charge in [0.05, 0.1) is 0 Å². The van der Waals surface area contributed by atoms with Crippen LogP contribution in [-0.4, -0.2) is 23.0 Å². The van der Waals surface area contributed by atoms with Gasteiger partial charge < -0.3 is 0 Å². The van der Waals surface area contributed by atoms with Crippen molar-refractivity contribution < 1.29 is 0 Å². The monoisotopic (exact) mass is 197 g/mol. The van der Waals surface area contributed by atoms with Gasteiger partial charge in [0.15, 0.2) is 0 Å². The number of hydrogen-bond donors (Lipinski definition) is 0. The van der Waals surface area contributed by atoms with Gasteiger partial charge in [0, 0.05) is 11.6 Å². The molecule has 0 unspecified atom stereocenters. The summed E-state index contributed by atoms with van der Waals surface area (Å²) >= 11 is 0. The van der Waals surface area contributed by atoms with Gasteiger partial charge >= 0.3 is 0 Å². The van der Waals surface area contributed by atoms with Crippen molar-refractivity contribution in [2.24, 2.45) is 5.41 Å². The van der Waals surface area contributed by atoms with Crippen molar-refractivity contribution in [3.63, 3.8) is 0 Å². The Labute approximate surface area is 89.9 Å². The summed E-state index contributed by atoms with van der Waals surface area (Å²) < 4.78 is 0. The van der Waals surface area contributed by atoms with E-state index in [9.17, 15) is 0 Å². The van der Waals surface area contributed by atoms with E-state index >= 15 is 0 Å². The van der Waals surface area contributed by atoms with E-state index in [4.69, 9.17) is 0 Å². The maximum atomic E-state index is 2.70. The smallest absolute Gasteiger partial charge is 0.0149 e. The van der Waals surface area contributed by atoms with Crippen LogP contribution in [0.4, 0.5) is 0 Å². The average Bonchev–Trinajstić information content (AvgIpc) is 2.01. The highest BCUT2D eigenvalue weighted by Crippen LogP contribution is 2.35. The van der Waals surface area contributed by atoms with E-state index in [1.165, 1.54) is 25.8 Å². The molecule has 1 fully saturated rings. The molecule has 0 aliphatic carbocycles. The third-order valence-corrected chi connectivity index (χ3v) is 3.36. The summed E-state index contributed by atoms with van der Waals surface area (Å²) in [7, 11) is 0. The predicted molar refractivity (Wildman–Crippen MR) is 63.6 cm³/mol. The van der Waals surface area contributed by atoms with Crippen LogP contribution in [0.2, 0.25) is 0 Å². The van der Waals surface area contributed by atoms with Gasteiger partial charge in [0.2, 0.25) is 0 Å². The molecule has 0 aromatic carbocycles. The minimum absolute atomic E-state index is 0.332. The molecule has 0 saturated carbocycles. The van der Waals surface area contributed by atoms with Crippen LogP contribution in [0.3, 0.4) is 0 Å². The van der Waals surface area contributed by atoms with Crippen molar-refractivity contribution >= 4 is 0 Å². The van der Waals surface area contributed by atoms with Gasteiger partial charge in [-0.2, -0.15) is 0 Å². The third kappa shape index (κ3) is 2.73. The Hall–Kier alpha value is -0.0400. The number of likely N-dealkylation sites (tertiary alicyclic amines) is 1. The number of piperidine rings is 1. The normalized spacial score (nSPS) is 26.6. The SMILES string of the molecule is CC(C)(C)[C@@H]1CCCCN1C(C)(C)C.